The highest BCUT2D eigenvalue weighted by atomic mass is 32.2. The fourth-order valence-corrected chi connectivity index (χ4v) is 4.14. The van der Waals surface area contributed by atoms with Gasteiger partial charge in [0.25, 0.3) is 0 Å². The van der Waals surface area contributed by atoms with Crippen molar-refractivity contribution in [3.8, 4) is 0 Å². The second-order valence-corrected chi connectivity index (χ2v) is 7.36. The normalized spacial score (nSPS) is 23.1. The molecular formula is C13H19N3O3S. The van der Waals surface area contributed by atoms with E-state index >= 15 is 0 Å². The average molecular weight is 297 g/mol. The summed E-state index contributed by atoms with van der Waals surface area (Å²) in [6, 6.07) is 0. The van der Waals surface area contributed by atoms with E-state index in [9.17, 15) is 8.42 Å². The quantitative estimate of drug-likeness (QED) is 0.740. The molecule has 7 heteroatoms. The molecule has 110 valence electrons. The first kappa shape index (κ1) is 13.8. The Labute approximate surface area is 118 Å². The maximum atomic E-state index is 12.5. The van der Waals surface area contributed by atoms with Gasteiger partial charge in [-0.3, -0.25) is 4.57 Å². The predicted molar refractivity (Wildman–Crippen MR) is 73.2 cm³/mol. The average Bonchev–Trinajstić information content (AvgIpc) is 2.95. The predicted octanol–water partition coefficient (Wildman–Crippen LogP) is 1.29. The third-order valence-electron chi connectivity index (χ3n) is 3.71. The Morgan fingerprint density at radius 1 is 1.35 bits per heavy atom. The van der Waals surface area contributed by atoms with Crippen molar-refractivity contribution in [2.45, 2.75) is 49.4 Å². The van der Waals surface area contributed by atoms with Gasteiger partial charge < -0.3 is 4.74 Å². The van der Waals surface area contributed by atoms with E-state index in [1.54, 1.807) is 10.6 Å². The first-order valence-corrected chi connectivity index (χ1v) is 8.65. The zero-order valence-electron chi connectivity index (χ0n) is 11.4. The van der Waals surface area contributed by atoms with Crippen LogP contribution in [0.5, 0.6) is 0 Å². The van der Waals surface area contributed by atoms with Gasteiger partial charge >= 0.3 is 0 Å². The van der Waals surface area contributed by atoms with Gasteiger partial charge in [0.2, 0.25) is 15.0 Å². The molecule has 1 saturated carbocycles. The van der Waals surface area contributed by atoms with Gasteiger partial charge in [-0.15, -0.1) is 16.8 Å². The number of aromatic nitrogens is 3. The van der Waals surface area contributed by atoms with Crippen LogP contribution in [0, 0.1) is 0 Å². The lowest BCUT2D eigenvalue weighted by Gasteiger charge is -2.11. The Balaban J connectivity index is 1.89. The number of nitrogens with zero attached hydrogens (tertiary/aromatic N) is 3. The lowest BCUT2D eigenvalue weighted by molar-refractivity contribution is 0.127. The molecule has 3 rings (SSSR count). The summed E-state index contributed by atoms with van der Waals surface area (Å²) in [5, 5.41) is 8.08. The topological polar surface area (TPSA) is 74.1 Å². The maximum absolute atomic E-state index is 12.5. The zero-order valence-corrected chi connectivity index (χ0v) is 12.2. The van der Waals surface area contributed by atoms with Gasteiger partial charge in [-0.05, 0) is 25.7 Å². The molecular weight excluding hydrogens is 278 g/mol. The summed E-state index contributed by atoms with van der Waals surface area (Å²) in [6.07, 6.45) is 5.30. The zero-order chi connectivity index (χ0) is 14.2. The van der Waals surface area contributed by atoms with E-state index in [0.29, 0.717) is 19.1 Å². The van der Waals surface area contributed by atoms with E-state index in [1.807, 2.05) is 0 Å². The summed E-state index contributed by atoms with van der Waals surface area (Å²) in [5.41, 5.74) is 0. The third kappa shape index (κ3) is 2.64. The number of hydrogen-bond acceptors (Lipinski definition) is 5. The summed E-state index contributed by atoms with van der Waals surface area (Å²) in [4.78, 5) is 0. The number of hydrogen-bond donors (Lipinski definition) is 0. The molecule has 1 atom stereocenters. The van der Waals surface area contributed by atoms with Crippen LogP contribution in [0.15, 0.2) is 17.8 Å². The lowest BCUT2D eigenvalue weighted by Crippen LogP contribution is -2.23. The van der Waals surface area contributed by atoms with Gasteiger partial charge in [0.05, 0.1) is 11.9 Å². The summed E-state index contributed by atoms with van der Waals surface area (Å²) in [5.74, 6) is 1.12. The standard InChI is InChI=1S/C13H19N3O3S/c1-2-7-16-12(10-5-6-10)14-15-13(16)20(17,18)9-11-4-3-8-19-11/h2,10-11H,1,3-9H2/t11-/m0/s1. The molecule has 0 N–H and O–H groups in total. The molecule has 1 aliphatic carbocycles. The van der Waals surface area contributed by atoms with Gasteiger partial charge in [0, 0.05) is 19.1 Å². The van der Waals surface area contributed by atoms with Crippen molar-refractivity contribution in [2.75, 3.05) is 12.4 Å². The van der Waals surface area contributed by atoms with Crippen LogP contribution < -0.4 is 0 Å². The molecule has 6 nitrogen and oxygen atoms in total. The highest BCUT2D eigenvalue weighted by Gasteiger charge is 2.34. The highest BCUT2D eigenvalue weighted by molar-refractivity contribution is 7.91. The second kappa shape index (κ2) is 5.29. The fraction of sp³-hybridized carbons (Fsp3) is 0.692. The van der Waals surface area contributed by atoms with E-state index in [-0.39, 0.29) is 17.0 Å². The largest absolute Gasteiger partial charge is 0.377 e. The van der Waals surface area contributed by atoms with Gasteiger partial charge in [-0.1, -0.05) is 6.08 Å². The van der Waals surface area contributed by atoms with Crippen LogP contribution in [0.4, 0.5) is 0 Å². The number of sulfone groups is 1. The minimum atomic E-state index is -3.46. The molecule has 0 bridgehead atoms. The van der Waals surface area contributed by atoms with Gasteiger partial charge in [0.1, 0.15) is 5.82 Å². The molecule has 1 saturated heterocycles. The molecule has 2 fully saturated rings. The Hall–Kier alpha value is -1.21. The number of rotatable bonds is 6. The summed E-state index contributed by atoms with van der Waals surface area (Å²) >= 11 is 0. The lowest BCUT2D eigenvalue weighted by atomic mass is 10.3. The monoisotopic (exact) mass is 297 g/mol. The maximum Gasteiger partial charge on any atom is 0.250 e. The SMILES string of the molecule is C=CCn1c(C2CC2)nnc1S(=O)(=O)C[C@@H]1CCCO1. The summed E-state index contributed by atoms with van der Waals surface area (Å²) < 4.78 is 32.1. The van der Waals surface area contributed by atoms with Gasteiger partial charge in [0.15, 0.2) is 0 Å². The molecule has 2 aliphatic rings. The summed E-state index contributed by atoms with van der Waals surface area (Å²) in [6.45, 7) is 4.76. The Morgan fingerprint density at radius 3 is 2.75 bits per heavy atom. The molecule has 1 aromatic heterocycles. The van der Waals surface area contributed by atoms with Gasteiger partial charge in [-0.25, -0.2) is 8.42 Å². The van der Waals surface area contributed by atoms with Crippen molar-refractivity contribution in [1.29, 1.82) is 0 Å². The first-order chi connectivity index (χ1) is 9.62. The van der Waals surface area contributed by atoms with Crippen LogP contribution in [0.1, 0.15) is 37.4 Å². The number of allylic oxidation sites excluding steroid dienone is 1. The minimum Gasteiger partial charge on any atom is -0.377 e. The molecule has 1 aromatic rings. The number of ether oxygens (including phenoxy) is 1. The van der Waals surface area contributed by atoms with E-state index in [0.717, 1.165) is 31.5 Å². The van der Waals surface area contributed by atoms with Crippen molar-refractivity contribution in [3.05, 3.63) is 18.5 Å². The van der Waals surface area contributed by atoms with E-state index in [2.05, 4.69) is 16.8 Å². The summed E-state index contributed by atoms with van der Waals surface area (Å²) in [7, 11) is -3.46. The molecule has 1 aliphatic heterocycles. The Morgan fingerprint density at radius 2 is 2.15 bits per heavy atom. The molecule has 0 radical (unpaired) electrons. The second-order valence-electron chi connectivity index (χ2n) is 5.43. The van der Waals surface area contributed by atoms with Gasteiger partial charge in [-0.2, -0.15) is 0 Å². The van der Waals surface area contributed by atoms with Crippen LogP contribution in [0.25, 0.3) is 0 Å². The third-order valence-corrected chi connectivity index (χ3v) is 5.38. The molecule has 0 spiro atoms. The van der Waals surface area contributed by atoms with Crippen LogP contribution in [-0.2, 0) is 21.1 Å². The van der Waals surface area contributed by atoms with Crippen LogP contribution in [0.2, 0.25) is 0 Å². The van der Waals surface area contributed by atoms with Crippen molar-refractivity contribution >= 4 is 9.84 Å². The Bertz CT molecular complexity index is 598. The Kier molecular flexibility index (Phi) is 3.64. The molecule has 0 aromatic carbocycles. The van der Waals surface area contributed by atoms with Crippen molar-refractivity contribution in [3.63, 3.8) is 0 Å². The first-order valence-electron chi connectivity index (χ1n) is 7.00. The molecule has 0 amide bonds. The van der Waals surface area contributed by atoms with Crippen molar-refractivity contribution in [1.82, 2.24) is 14.8 Å². The van der Waals surface area contributed by atoms with E-state index in [1.165, 1.54) is 0 Å². The molecule has 20 heavy (non-hydrogen) atoms. The van der Waals surface area contributed by atoms with E-state index in [4.69, 9.17) is 4.74 Å². The fourth-order valence-electron chi connectivity index (χ4n) is 2.57. The minimum absolute atomic E-state index is 0.00700. The van der Waals surface area contributed by atoms with Crippen molar-refractivity contribution < 1.29 is 13.2 Å². The van der Waals surface area contributed by atoms with Crippen molar-refractivity contribution in [2.24, 2.45) is 0 Å². The van der Waals surface area contributed by atoms with E-state index < -0.39 is 9.84 Å². The van der Waals surface area contributed by atoms with Crippen LogP contribution in [0.3, 0.4) is 0 Å². The van der Waals surface area contributed by atoms with Crippen LogP contribution >= 0.6 is 0 Å². The molecule has 0 unspecified atom stereocenters. The highest BCUT2D eigenvalue weighted by Crippen LogP contribution is 2.39. The smallest absolute Gasteiger partial charge is 0.250 e. The van der Waals surface area contributed by atoms with Crippen LogP contribution in [-0.4, -0.2) is 41.6 Å². The molecule has 2 heterocycles.